The van der Waals surface area contributed by atoms with E-state index in [-0.39, 0.29) is 30.9 Å². The molecule has 0 aliphatic carbocycles. The number of nitrogens with two attached hydrogens (primary N) is 1. The first-order chi connectivity index (χ1) is 8.56. The van der Waals surface area contributed by atoms with Crippen molar-refractivity contribution in [3.8, 4) is 5.75 Å². The molecule has 4 nitrogen and oxygen atoms in total. The third-order valence-electron chi connectivity index (χ3n) is 2.62. The Kier molecular flexibility index (Phi) is 5.58. The van der Waals surface area contributed by atoms with E-state index in [1.165, 1.54) is 18.2 Å². The number of benzene rings is 1. The summed E-state index contributed by atoms with van der Waals surface area (Å²) in [4.78, 5) is 11.5. The van der Waals surface area contributed by atoms with Gasteiger partial charge in [-0.3, -0.25) is 4.79 Å². The Balaban J connectivity index is 2.55. The molecule has 1 atom stereocenters. The summed E-state index contributed by atoms with van der Waals surface area (Å²) in [7, 11) is 0. The van der Waals surface area contributed by atoms with Gasteiger partial charge in [-0.25, -0.2) is 4.39 Å². The molecule has 0 radical (unpaired) electrons. The van der Waals surface area contributed by atoms with Crippen LogP contribution in [0.1, 0.15) is 25.8 Å². The molecule has 18 heavy (non-hydrogen) atoms. The molecule has 0 aliphatic rings. The molecule has 3 N–H and O–H groups in total. The van der Waals surface area contributed by atoms with E-state index in [0.29, 0.717) is 11.3 Å². The van der Waals surface area contributed by atoms with Crippen LogP contribution < -0.4 is 15.8 Å². The highest BCUT2D eigenvalue weighted by Crippen LogP contribution is 2.18. The van der Waals surface area contributed by atoms with Crippen molar-refractivity contribution in [3.63, 3.8) is 0 Å². The second-order valence-corrected chi connectivity index (χ2v) is 4.12. The van der Waals surface area contributed by atoms with Crippen molar-refractivity contribution in [3.05, 3.63) is 29.6 Å². The second-order valence-electron chi connectivity index (χ2n) is 4.12. The van der Waals surface area contributed by atoms with Crippen LogP contribution in [0.3, 0.4) is 0 Å². The molecule has 5 heteroatoms. The van der Waals surface area contributed by atoms with E-state index < -0.39 is 0 Å². The Morgan fingerprint density at radius 3 is 2.89 bits per heavy atom. The molecule has 0 heterocycles. The van der Waals surface area contributed by atoms with Gasteiger partial charge in [0.1, 0.15) is 11.6 Å². The SMILES string of the molecule is CCC(C)NC(=O)COc1ccc(F)cc1CN. The standard InChI is InChI=1S/C13H19FN2O2/c1-3-9(2)16-13(17)8-18-12-5-4-11(14)6-10(12)7-15/h4-6,9H,3,7-8,15H2,1-2H3,(H,16,17). The zero-order valence-electron chi connectivity index (χ0n) is 10.7. The molecule has 1 rings (SSSR count). The van der Waals surface area contributed by atoms with Gasteiger partial charge < -0.3 is 15.8 Å². The smallest absolute Gasteiger partial charge is 0.258 e. The maximum Gasteiger partial charge on any atom is 0.258 e. The average molecular weight is 254 g/mol. The van der Waals surface area contributed by atoms with E-state index in [2.05, 4.69) is 5.32 Å². The number of hydrogen-bond donors (Lipinski definition) is 2. The van der Waals surface area contributed by atoms with Crippen LogP contribution in [0.2, 0.25) is 0 Å². The van der Waals surface area contributed by atoms with Gasteiger partial charge in [0.2, 0.25) is 0 Å². The fourth-order valence-electron chi connectivity index (χ4n) is 1.41. The minimum absolute atomic E-state index is 0.0943. The van der Waals surface area contributed by atoms with Crippen molar-refractivity contribution in [1.29, 1.82) is 0 Å². The summed E-state index contributed by atoms with van der Waals surface area (Å²) in [5.41, 5.74) is 6.03. The van der Waals surface area contributed by atoms with E-state index in [9.17, 15) is 9.18 Å². The third kappa shape index (κ3) is 4.33. The Hall–Kier alpha value is -1.62. The van der Waals surface area contributed by atoms with Crippen LogP contribution in [-0.4, -0.2) is 18.6 Å². The van der Waals surface area contributed by atoms with E-state index in [0.717, 1.165) is 6.42 Å². The first kappa shape index (κ1) is 14.4. The van der Waals surface area contributed by atoms with Gasteiger partial charge in [-0.05, 0) is 31.5 Å². The van der Waals surface area contributed by atoms with Crippen LogP contribution >= 0.6 is 0 Å². The van der Waals surface area contributed by atoms with Crippen LogP contribution in [0, 0.1) is 5.82 Å². The second kappa shape index (κ2) is 6.96. The van der Waals surface area contributed by atoms with Gasteiger partial charge >= 0.3 is 0 Å². The molecule has 0 aromatic heterocycles. The van der Waals surface area contributed by atoms with Crippen LogP contribution in [-0.2, 0) is 11.3 Å². The average Bonchev–Trinajstić information content (AvgIpc) is 2.36. The number of halogens is 1. The van der Waals surface area contributed by atoms with Gasteiger partial charge in [-0.15, -0.1) is 0 Å². The molecule has 0 bridgehead atoms. The number of nitrogens with one attached hydrogen (secondary N) is 1. The van der Waals surface area contributed by atoms with Gasteiger partial charge in [0, 0.05) is 18.2 Å². The van der Waals surface area contributed by atoms with Crippen LogP contribution in [0.5, 0.6) is 5.75 Å². The first-order valence-corrected chi connectivity index (χ1v) is 5.97. The molecule has 0 spiro atoms. The van der Waals surface area contributed by atoms with Crippen molar-refractivity contribution >= 4 is 5.91 Å². The predicted octanol–water partition coefficient (Wildman–Crippen LogP) is 1.58. The van der Waals surface area contributed by atoms with Crippen molar-refractivity contribution in [2.45, 2.75) is 32.9 Å². The normalized spacial score (nSPS) is 12.0. The van der Waals surface area contributed by atoms with Gasteiger partial charge in [-0.1, -0.05) is 6.92 Å². The van der Waals surface area contributed by atoms with Crippen LogP contribution in [0.15, 0.2) is 18.2 Å². The Morgan fingerprint density at radius 1 is 1.56 bits per heavy atom. The Bertz CT molecular complexity index is 410. The molecule has 0 aliphatic heterocycles. The number of ether oxygens (including phenoxy) is 1. The molecule has 0 saturated heterocycles. The zero-order valence-corrected chi connectivity index (χ0v) is 10.7. The van der Waals surface area contributed by atoms with Gasteiger partial charge in [0.05, 0.1) is 0 Å². The topological polar surface area (TPSA) is 64.3 Å². The quantitative estimate of drug-likeness (QED) is 0.810. The van der Waals surface area contributed by atoms with E-state index >= 15 is 0 Å². The first-order valence-electron chi connectivity index (χ1n) is 5.97. The number of carbonyl (C=O) groups excluding carboxylic acids is 1. The lowest BCUT2D eigenvalue weighted by Gasteiger charge is -2.13. The number of carbonyl (C=O) groups is 1. The van der Waals surface area contributed by atoms with Crippen LogP contribution in [0.4, 0.5) is 4.39 Å². The number of amides is 1. The maximum absolute atomic E-state index is 13.0. The minimum atomic E-state index is -0.369. The van der Waals surface area contributed by atoms with E-state index in [1.807, 2.05) is 13.8 Å². The summed E-state index contributed by atoms with van der Waals surface area (Å²) in [5, 5.41) is 2.78. The molecule has 0 saturated carbocycles. The summed E-state index contributed by atoms with van der Waals surface area (Å²) in [5.74, 6) is -0.123. The minimum Gasteiger partial charge on any atom is -0.483 e. The summed E-state index contributed by atoms with van der Waals surface area (Å²) in [6, 6.07) is 4.18. The van der Waals surface area contributed by atoms with Crippen molar-refractivity contribution in [2.75, 3.05) is 6.61 Å². The third-order valence-corrected chi connectivity index (χ3v) is 2.62. The monoisotopic (exact) mass is 254 g/mol. The molecule has 1 aromatic rings. The Labute approximate surface area is 106 Å². The van der Waals surface area contributed by atoms with E-state index in [1.54, 1.807) is 0 Å². The van der Waals surface area contributed by atoms with E-state index in [4.69, 9.17) is 10.5 Å². The van der Waals surface area contributed by atoms with Crippen molar-refractivity contribution in [1.82, 2.24) is 5.32 Å². The van der Waals surface area contributed by atoms with Crippen LogP contribution in [0.25, 0.3) is 0 Å². The lowest BCUT2D eigenvalue weighted by Crippen LogP contribution is -2.35. The van der Waals surface area contributed by atoms with Gasteiger partial charge in [-0.2, -0.15) is 0 Å². The fourth-order valence-corrected chi connectivity index (χ4v) is 1.41. The summed E-state index contributed by atoms with van der Waals surface area (Å²) < 4.78 is 18.3. The lowest BCUT2D eigenvalue weighted by molar-refractivity contribution is -0.123. The highest BCUT2D eigenvalue weighted by atomic mass is 19.1. The molecule has 1 amide bonds. The predicted molar refractivity (Wildman–Crippen MR) is 67.7 cm³/mol. The largest absolute Gasteiger partial charge is 0.483 e. The molecule has 100 valence electrons. The molecule has 0 fully saturated rings. The lowest BCUT2D eigenvalue weighted by atomic mass is 10.2. The van der Waals surface area contributed by atoms with Gasteiger partial charge in [0.25, 0.3) is 5.91 Å². The Morgan fingerprint density at radius 2 is 2.28 bits per heavy atom. The fraction of sp³-hybridized carbons (Fsp3) is 0.462. The summed E-state index contributed by atoms with van der Waals surface area (Å²) in [6.07, 6.45) is 0.857. The molecule has 1 unspecified atom stereocenters. The van der Waals surface area contributed by atoms with Crippen molar-refractivity contribution < 1.29 is 13.9 Å². The zero-order chi connectivity index (χ0) is 13.5. The van der Waals surface area contributed by atoms with Crippen molar-refractivity contribution in [2.24, 2.45) is 5.73 Å². The highest BCUT2D eigenvalue weighted by molar-refractivity contribution is 5.77. The maximum atomic E-state index is 13.0. The number of rotatable bonds is 6. The molecular formula is C13H19FN2O2. The van der Waals surface area contributed by atoms with Gasteiger partial charge in [0.15, 0.2) is 6.61 Å². The summed E-state index contributed by atoms with van der Waals surface area (Å²) >= 11 is 0. The molecule has 1 aromatic carbocycles. The highest BCUT2D eigenvalue weighted by Gasteiger charge is 2.09. The molecular weight excluding hydrogens is 235 g/mol. The summed E-state index contributed by atoms with van der Waals surface area (Å²) in [6.45, 7) is 3.97. The number of hydrogen-bond acceptors (Lipinski definition) is 3.